The fourth-order valence-electron chi connectivity index (χ4n) is 1.59. The lowest BCUT2D eigenvalue weighted by atomic mass is 10.1. The molecule has 5 nitrogen and oxygen atoms in total. The van der Waals surface area contributed by atoms with Gasteiger partial charge >= 0.3 is 0 Å². The van der Waals surface area contributed by atoms with Crippen LogP contribution in [0.2, 0.25) is 0 Å². The van der Waals surface area contributed by atoms with Crippen LogP contribution in [0, 0.1) is 0 Å². The maximum Gasteiger partial charge on any atom is 0.271 e. The Bertz CT molecular complexity index is 677. The average Bonchev–Trinajstić information content (AvgIpc) is 2.95. The zero-order valence-electron chi connectivity index (χ0n) is 10.8. The molecule has 0 bridgehead atoms. The zero-order valence-corrected chi connectivity index (χ0v) is 12.4. The van der Waals surface area contributed by atoms with Gasteiger partial charge in [0.1, 0.15) is 4.21 Å². The standard InChI is InChI=1S/C13H14N2O3S2/c1-14-12(16)9-10-4-6-11(7-5-10)15-20(17,18)13-3-2-8-19-13/h2-8,15H,9H2,1H3,(H,14,16). The molecule has 106 valence electrons. The van der Waals surface area contributed by atoms with E-state index in [1.165, 1.54) is 0 Å². The topological polar surface area (TPSA) is 75.3 Å². The summed E-state index contributed by atoms with van der Waals surface area (Å²) in [5.74, 6) is -0.0862. The van der Waals surface area contributed by atoms with E-state index < -0.39 is 10.0 Å². The smallest absolute Gasteiger partial charge is 0.271 e. The highest BCUT2D eigenvalue weighted by atomic mass is 32.2. The highest BCUT2D eigenvalue weighted by Crippen LogP contribution is 2.20. The quantitative estimate of drug-likeness (QED) is 0.885. The summed E-state index contributed by atoms with van der Waals surface area (Å²) in [5.41, 5.74) is 1.29. The molecule has 0 saturated carbocycles. The Morgan fingerprint density at radius 2 is 1.90 bits per heavy atom. The first-order valence-corrected chi connectivity index (χ1v) is 8.23. The van der Waals surface area contributed by atoms with Crippen molar-refractivity contribution in [3.63, 3.8) is 0 Å². The van der Waals surface area contributed by atoms with Gasteiger partial charge in [0.05, 0.1) is 6.42 Å². The third kappa shape index (κ3) is 3.58. The molecule has 2 rings (SSSR count). The van der Waals surface area contributed by atoms with Gasteiger partial charge in [-0.25, -0.2) is 8.42 Å². The molecule has 0 aliphatic rings. The van der Waals surface area contributed by atoms with Crippen LogP contribution in [0.5, 0.6) is 0 Å². The number of sulfonamides is 1. The maximum atomic E-state index is 12.0. The van der Waals surface area contributed by atoms with Crippen LogP contribution < -0.4 is 10.0 Å². The minimum atomic E-state index is -3.52. The third-order valence-electron chi connectivity index (χ3n) is 2.61. The third-order valence-corrected chi connectivity index (χ3v) is 5.39. The van der Waals surface area contributed by atoms with Gasteiger partial charge < -0.3 is 5.32 Å². The number of rotatable bonds is 5. The molecular formula is C13H14N2O3S2. The summed E-state index contributed by atoms with van der Waals surface area (Å²) >= 11 is 1.16. The summed E-state index contributed by atoms with van der Waals surface area (Å²) in [6.07, 6.45) is 0.272. The van der Waals surface area contributed by atoms with E-state index in [-0.39, 0.29) is 16.5 Å². The van der Waals surface area contributed by atoms with E-state index in [0.717, 1.165) is 16.9 Å². The lowest BCUT2D eigenvalue weighted by molar-refractivity contribution is -0.119. The monoisotopic (exact) mass is 310 g/mol. The van der Waals surface area contributed by atoms with Crippen LogP contribution in [-0.2, 0) is 21.2 Å². The van der Waals surface area contributed by atoms with E-state index in [4.69, 9.17) is 0 Å². The van der Waals surface area contributed by atoms with Crippen LogP contribution in [0.25, 0.3) is 0 Å². The molecule has 1 aromatic heterocycles. The molecule has 0 radical (unpaired) electrons. The zero-order chi connectivity index (χ0) is 14.6. The van der Waals surface area contributed by atoms with Gasteiger partial charge in [-0.3, -0.25) is 9.52 Å². The van der Waals surface area contributed by atoms with E-state index in [1.54, 1.807) is 48.8 Å². The predicted octanol–water partition coefficient (Wildman–Crippen LogP) is 1.84. The van der Waals surface area contributed by atoms with Gasteiger partial charge in [-0.05, 0) is 29.1 Å². The first kappa shape index (κ1) is 14.5. The van der Waals surface area contributed by atoms with E-state index in [1.807, 2.05) is 0 Å². The van der Waals surface area contributed by atoms with Crippen molar-refractivity contribution in [1.29, 1.82) is 0 Å². The fraction of sp³-hybridized carbons (Fsp3) is 0.154. The molecule has 2 aromatic rings. The molecule has 0 aliphatic heterocycles. The van der Waals surface area contributed by atoms with Crippen LogP contribution in [0.15, 0.2) is 46.0 Å². The molecule has 7 heteroatoms. The number of nitrogens with one attached hydrogen (secondary N) is 2. The second-order valence-corrected chi connectivity index (χ2v) is 6.94. The normalized spacial score (nSPS) is 11.1. The molecule has 1 aromatic carbocycles. The number of hydrogen-bond acceptors (Lipinski definition) is 4. The van der Waals surface area contributed by atoms with E-state index in [0.29, 0.717) is 5.69 Å². The van der Waals surface area contributed by atoms with Gasteiger partial charge in [0.25, 0.3) is 10.0 Å². The van der Waals surface area contributed by atoms with Gasteiger partial charge in [-0.2, -0.15) is 0 Å². The molecule has 1 amide bonds. The average molecular weight is 310 g/mol. The molecule has 20 heavy (non-hydrogen) atoms. The van der Waals surface area contributed by atoms with Crippen molar-refractivity contribution >= 4 is 33.0 Å². The molecule has 0 fully saturated rings. The Kier molecular flexibility index (Phi) is 4.41. The van der Waals surface area contributed by atoms with Crippen LogP contribution in [0.3, 0.4) is 0 Å². The number of hydrogen-bond donors (Lipinski definition) is 2. The molecule has 0 spiro atoms. The van der Waals surface area contributed by atoms with Crippen molar-refractivity contribution < 1.29 is 13.2 Å². The van der Waals surface area contributed by atoms with Gasteiger partial charge in [-0.1, -0.05) is 18.2 Å². The minimum Gasteiger partial charge on any atom is -0.359 e. The molecule has 2 N–H and O–H groups in total. The highest BCUT2D eigenvalue weighted by molar-refractivity contribution is 7.94. The number of anilines is 1. The number of likely N-dealkylation sites (N-methyl/N-ethyl adjacent to an activating group) is 1. The lowest BCUT2D eigenvalue weighted by Gasteiger charge is -2.07. The molecule has 0 aliphatic carbocycles. The Hall–Kier alpha value is -1.86. The van der Waals surface area contributed by atoms with Crippen molar-refractivity contribution in [3.8, 4) is 0 Å². The molecule has 0 saturated heterocycles. The predicted molar refractivity (Wildman–Crippen MR) is 79.3 cm³/mol. The van der Waals surface area contributed by atoms with E-state index in [2.05, 4.69) is 10.0 Å². The highest BCUT2D eigenvalue weighted by Gasteiger charge is 2.14. The summed E-state index contributed by atoms with van der Waals surface area (Å²) in [7, 11) is -1.95. The van der Waals surface area contributed by atoms with Gasteiger partial charge in [0.2, 0.25) is 5.91 Å². The molecule has 1 heterocycles. The summed E-state index contributed by atoms with van der Waals surface area (Å²) in [4.78, 5) is 11.2. The van der Waals surface area contributed by atoms with Crippen molar-refractivity contribution in [1.82, 2.24) is 5.32 Å². The van der Waals surface area contributed by atoms with Crippen molar-refractivity contribution in [3.05, 3.63) is 47.3 Å². The summed E-state index contributed by atoms with van der Waals surface area (Å²) in [6, 6.07) is 9.97. The second-order valence-electron chi connectivity index (χ2n) is 4.08. The summed E-state index contributed by atoms with van der Waals surface area (Å²) < 4.78 is 26.8. The molecule has 0 unspecified atom stereocenters. The molecular weight excluding hydrogens is 296 g/mol. The van der Waals surface area contributed by atoms with Gasteiger partial charge in [-0.15, -0.1) is 11.3 Å². The number of amides is 1. The first-order chi connectivity index (χ1) is 9.51. The Morgan fingerprint density at radius 1 is 1.20 bits per heavy atom. The SMILES string of the molecule is CNC(=O)Cc1ccc(NS(=O)(=O)c2cccs2)cc1. The minimum absolute atomic E-state index is 0.0862. The van der Waals surface area contributed by atoms with E-state index in [9.17, 15) is 13.2 Å². The van der Waals surface area contributed by atoms with Crippen LogP contribution >= 0.6 is 11.3 Å². The van der Waals surface area contributed by atoms with Crippen LogP contribution in [0.4, 0.5) is 5.69 Å². The maximum absolute atomic E-state index is 12.0. The first-order valence-electron chi connectivity index (χ1n) is 5.87. The van der Waals surface area contributed by atoms with Gasteiger partial charge in [0.15, 0.2) is 0 Å². The summed E-state index contributed by atoms with van der Waals surface area (Å²) in [5, 5.41) is 4.25. The number of thiophene rings is 1. The van der Waals surface area contributed by atoms with E-state index >= 15 is 0 Å². The Morgan fingerprint density at radius 3 is 2.45 bits per heavy atom. The van der Waals surface area contributed by atoms with Crippen LogP contribution in [0.1, 0.15) is 5.56 Å². The van der Waals surface area contributed by atoms with Gasteiger partial charge in [0, 0.05) is 12.7 Å². The molecule has 0 atom stereocenters. The lowest BCUT2D eigenvalue weighted by Crippen LogP contribution is -2.19. The largest absolute Gasteiger partial charge is 0.359 e. The number of benzene rings is 1. The van der Waals surface area contributed by atoms with Crippen molar-refractivity contribution in [2.45, 2.75) is 10.6 Å². The van der Waals surface area contributed by atoms with Crippen LogP contribution in [-0.4, -0.2) is 21.4 Å². The summed E-state index contributed by atoms with van der Waals surface area (Å²) in [6.45, 7) is 0. The number of carbonyl (C=O) groups is 1. The second kappa shape index (κ2) is 6.06. The Balaban J connectivity index is 2.10. The van der Waals surface area contributed by atoms with Crippen molar-refractivity contribution in [2.24, 2.45) is 0 Å². The van der Waals surface area contributed by atoms with Crippen molar-refractivity contribution in [2.75, 3.05) is 11.8 Å². The number of carbonyl (C=O) groups excluding carboxylic acids is 1. The fourth-order valence-corrected chi connectivity index (χ4v) is 3.64. The Labute approximate surface area is 121 Å².